The molecule has 0 aliphatic heterocycles. The van der Waals surface area contributed by atoms with E-state index in [0.717, 1.165) is 5.69 Å². The van der Waals surface area contributed by atoms with Gasteiger partial charge >= 0.3 is 0 Å². The first kappa shape index (κ1) is 9.08. The SMILES string of the molecule is O=c1[nH]nc(-c2ccccn2)cc1Br. The van der Waals surface area contributed by atoms with Gasteiger partial charge in [0, 0.05) is 6.20 Å². The number of hydrogen-bond donors (Lipinski definition) is 1. The average molecular weight is 252 g/mol. The number of hydrogen-bond acceptors (Lipinski definition) is 3. The van der Waals surface area contributed by atoms with E-state index < -0.39 is 0 Å². The molecule has 14 heavy (non-hydrogen) atoms. The van der Waals surface area contributed by atoms with Gasteiger partial charge in [0.15, 0.2) is 0 Å². The van der Waals surface area contributed by atoms with E-state index in [1.54, 1.807) is 12.3 Å². The molecule has 0 fully saturated rings. The van der Waals surface area contributed by atoms with Crippen molar-refractivity contribution in [1.29, 1.82) is 0 Å². The van der Waals surface area contributed by atoms with Crippen molar-refractivity contribution in [2.75, 3.05) is 0 Å². The Bertz CT molecular complexity index is 495. The smallest absolute Gasteiger partial charge is 0.267 e. The molecule has 2 heterocycles. The van der Waals surface area contributed by atoms with Gasteiger partial charge in [-0.3, -0.25) is 9.78 Å². The van der Waals surface area contributed by atoms with E-state index in [1.165, 1.54) is 0 Å². The summed E-state index contributed by atoms with van der Waals surface area (Å²) in [6.07, 6.45) is 1.68. The van der Waals surface area contributed by atoms with Crippen LogP contribution in [0.15, 0.2) is 39.7 Å². The fourth-order valence-corrected chi connectivity index (χ4v) is 1.33. The Labute approximate surface area is 88.1 Å². The number of aromatic amines is 1. The molecule has 0 aliphatic rings. The maximum atomic E-state index is 11.0. The molecule has 2 aromatic heterocycles. The third kappa shape index (κ3) is 1.72. The molecule has 70 valence electrons. The fourth-order valence-electron chi connectivity index (χ4n) is 1.03. The Morgan fingerprint density at radius 2 is 2.14 bits per heavy atom. The largest absolute Gasteiger partial charge is 0.278 e. The van der Waals surface area contributed by atoms with E-state index in [1.807, 2.05) is 18.2 Å². The van der Waals surface area contributed by atoms with Gasteiger partial charge in [-0.25, -0.2) is 5.10 Å². The van der Waals surface area contributed by atoms with E-state index in [0.29, 0.717) is 10.2 Å². The van der Waals surface area contributed by atoms with E-state index in [2.05, 4.69) is 31.1 Å². The fraction of sp³-hybridized carbons (Fsp3) is 0. The van der Waals surface area contributed by atoms with Crippen molar-refractivity contribution in [2.45, 2.75) is 0 Å². The molecule has 1 N–H and O–H groups in total. The summed E-state index contributed by atoms with van der Waals surface area (Å²) < 4.78 is 0.452. The van der Waals surface area contributed by atoms with Crippen molar-refractivity contribution >= 4 is 15.9 Å². The quantitative estimate of drug-likeness (QED) is 0.838. The summed E-state index contributed by atoms with van der Waals surface area (Å²) in [4.78, 5) is 15.1. The molecular formula is C9H6BrN3O. The summed E-state index contributed by atoms with van der Waals surface area (Å²) in [5.41, 5.74) is 1.12. The number of pyridine rings is 1. The van der Waals surface area contributed by atoms with Gasteiger partial charge in [0.05, 0.1) is 10.2 Å². The standard InChI is InChI=1S/C9H6BrN3O/c10-6-5-8(12-13-9(6)14)7-3-1-2-4-11-7/h1-5H,(H,13,14). The summed E-state index contributed by atoms with van der Waals surface area (Å²) in [5.74, 6) is 0. The maximum Gasteiger partial charge on any atom is 0.278 e. The molecule has 5 heteroatoms. The number of rotatable bonds is 1. The van der Waals surface area contributed by atoms with Crippen molar-refractivity contribution in [2.24, 2.45) is 0 Å². The van der Waals surface area contributed by atoms with E-state index in [9.17, 15) is 4.79 Å². The Hall–Kier alpha value is -1.49. The maximum absolute atomic E-state index is 11.0. The second kappa shape index (κ2) is 3.71. The zero-order chi connectivity index (χ0) is 9.97. The molecule has 2 rings (SSSR count). The highest BCUT2D eigenvalue weighted by atomic mass is 79.9. The molecular weight excluding hydrogens is 246 g/mol. The van der Waals surface area contributed by atoms with Crippen LogP contribution in [0.2, 0.25) is 0 Å². The summed E-state index contributed by atoms with van der Waals surface area (Å²) >= 11 is 3.13. The highest BCUT2D eigenvalue weighted by Crippen LogP contribution is 2.14. The van der Waals surface area contributed by atoms with Gasteiger partial charge in [0.1, 0.15) is 5.69 Å². The topological polar surface area (TPSA) is 58.6 Å². The van der Waals surface area contributed by atoms with Crippen LogP contribution >= 0.6 is 15.9 Å². The first-order chi connectivity index (χ1) is 6.77. The van der Waals surface area contributed by atoms with Gasteiger partial charge in [-0.2, -0.15) is 5.10 Å². The lowest BCUT2D eigenvalue weighted by Gasteiger charge is -1.97. The molecule has 0 unspecified atom stereocenters. The Morgan fingerprint density at radius 3 is 2.79 bits per heavy atom. The van der Waals surface area contributed by atoms with Crippen molar-refractivity contribution in [3.63, 3.8) is 0 Å². The summed E-state index contributed by atoms with van der Waals surface area (Å²) in [7, 11) is 0. The molecule has 0 bridgehead atoms. The van der Waals surface area contributed by atoms with Crippen LogP contribution in [-0.2, 0) is 0 Å². The lowest BCUT2D eigenvalue weighted by atomic mass is 10.2. The Kier molecular flexibility index (Phi) is 2.41. The second-order valence-corrected chi connectivity index (χ2v) is 3.50. The molecule has 0 aliphatic carbocycles. The molecule has 0 spiro atoms. The summed E-state index contributed by atoms with van der Waals surface area (Å²) in [6, 6.07) is 7.15. The van der Waals surface area contributed by atoms with E-state index >= 15 is 0 Å². The van der Waals surface area contributed by atoms with Gasteiger partial charge in [-0.05, 0) is 34.1 Å². The predicted octanol–water partition coefficient (Wildman–Crippen LogP) is 1.59. The second-order valence-electron chi connectivity index (χ2n) is 2.65. The zero-order valence-electron chi connectivity index (χ0n) is 7.07. The van der Waals surface area contributed by atoms with E-state index in [4.69, 9.17) is 0 Å². The van der Waals surface area contributed by atoms with Gasteiger partial charge in [0.2, 0.25) is 0 Å². The minimum absolute atomic E-state index is 0.246. The lowest BCUT2D eigenvalue weighted by Crippen LogP contribution is -2.08. The zero-order valence-corrected chi connectivity index (χ0v) is 8.65. The summed E-state index contributed by atoms with van der Waals surface area (Å²) in [6.45, 7) is 0. The van der Waals surface area contributed by atoms with Crippen LogP contribution < -0.4 is 5.56 Å². The van der Waals surface area contributed by atoms with Gasteiger partial charge in [-0.15, -0.1) is 0 Å². The first-order valence-electron chi connectivity index (χ1n) is 3.94. The van der Waals surface area contributed by atoms with Gasteiger partial charge in [0.25, 0.3) is 5.56 Å². The molecule has 0 amide bonds. The van der Waals surface area contributed by atoms with Crippen LogP contribution in [0.4, 0.5) is 0 Å². The van der Waals surface area contributed by atoms with Crippen molar-refractivity contribution in [1.82, 2.24) is 15.2 Å². The molecule has 2 aromatic rings. The molecule has 4 nitrogen and oxygen atoms in total. The highest BCUT2D eigenvalue weighted by Gasteiger charge is 2.02. The number of nitrogens with one attached hydrogen (secondary N) is 1. The first-order valence-corrected chi connectivity index (χ1v) is 4.73. The van der Waals surface area contributed by atoms with Crippen molar-refractivity contribution in [3.05, 3.63) is 45.3 Å². The van der Waals surface area contributed by atoms with Crippen LogP contribution in [0.1, 0.15) is 0 Å². The van der Waals surface area contributed by atoms with Crippen LogP contribution in [0.25, 0.3) is 11.4 Å². The molecule has 0 atom stereocenters. The molecule has 0 aromatic carbocycles. The number of nitrogens with zero attached hydrogens (tertiary/aromatic N) is 2. The minimum Gasteiger partial charge on any atom is -0.267 e. The van der Waals surface area contributed by atoms with Crippen molar-refractivity contribution < 1.29 is 0 Å². The third-order valence-corrected chi connectivity index (χ3v) is 2.27. The Balaban J connectivity index is 2.54. The minimum atomic E-state index is -0.246. The van der Waals surface area contributed by atoms with Crippen LogP contribution in [0, 0.1) is 0 Å². The van der Waals surface area contributed by atoms with E-state index in [-0.39, 0.29) is 5.56 Å². The lowest BCUT2D eigenvalue weighted by molar-refractivity contribution is 0.979. The molecule has 0 radical (unpaired) electrons. The van der Waals surface area contributed by atoms with Gasteiger partial charge in [-0.1, -0.05) is 6.07 Å². The normalized spacial score (nSPS) is 10.1. The monoisotopic (exact) mass is 251 g/mol. The highest BCUT2D eigenvalue weighted by molar-refractivity contribution is 9.10. The third-order valence-electron chi connectivity index (χ3n) is 1.69. The Morgan fingerprint density at radius 1 is 1.29 bits per heavy atom. The molecule has 0 saturated carbocycles. The van der Waals surface area contributed by atoms with Crippen molar-refractivity contribution in [3.8, 4) is 11.4 Å². The van der Waals surface area contributed by atoms with Crippen LogP contribution in [-0.4, -0.2) is 15.2 Å². The number of halogens is 1. The molecule has 0 saturated heterocycles. The number of H-pyrrole nitrogens is 1. The summed E-state index contributed by atoms with van der Waals surface area (Å²) in [5, 5.41) is 6.25. The van der Waals surface area contributed by atoms with Crippen LogP contribution in [0.5, 0.6) is 0 Å². The average Bonchev–Trinajstić information content (AvgIpc) is 2.23. The number of aromatic nitrogens is 3. The van der Waals surface area contributed by atoms with Crippen LogP contribution in [0.3, 0.4) is 0 Å². The van der Waals surface area contributed by atoms with Gasteiger partial charge < -0.3 is 0 Å². The predicted molar refractivity (Wildman–Crippen MR) is 55.8 cm³/mol.